The third-order valence-electron chi connectivity index (χ3n) is 4.06. The monoisotopic (exact) mass is 403 g/mol. The van der Waals surface area contributed by atoms with Gasteiger partial charge in [-0.05, 0) is 56.2 Å². The summed E-state index contributed by atoms with van der Waals surface area (Å²) in [5.41, 5.74) is 1.81. The van der Waals surface area contributed by atoms with E-state index in [-0.39, 0.29) is 6.10 Å². The molecule has 0 amide bonds. The molecule has 3 aromatic rings. The fourth-order valence-electron chi connectivity index (χ4n) is 2.73. The Morgan fingerprint density at radius 2 is 1.89 bits per heavy atom. The molecule has 2 aromatic carbocycles. The number of hydrogen-bond acceptors (Lipinski definition) is 5. The molecule has 0 fully saturated rings. The summed E-state index contributed by atoms with van der Waals surface area (Å²) < 4.78 is 7.52. The molecular weight excluding hydrogens is 382 g/mol. The van der Waals surface area contributed by atoms with Crippen LogP contribution in [-0.4, -0.2) is 38.8 Å². The summed E-state index contributed by atoms with van der Waals surface area (Å²) in [7, 11) is 1.65. The summed E-state index contributed by atoms with van der Waals surface area (Å²) in [6.07, 6.45) is 1.38. The van der Waals surface area contributed by atoms with Crippen molar-refractivity contribution < 1.29 is 9.84 Å². The van der Waals surface area contributed by atoms with Crippen LogP contribution < -0.4 is 4.74 Å². The van der Waals surface area contributed by atoms with Crippen molar-refractivity contribution >= 4 is 23.4 Å². The highest BCUT2D eigenvalue weighted by atomic mass is 35.5. The van der Waals surface area contributed by atoms with E-state index in [4.69, 9.17) is 16.3 Å². The minimum Gasteiger partial charge on any atom is -0.496 e. The Bertz CT molecular complexity index is 881. The lowest BCUT2D eigenvalue weighted by atomic mass is 10.2. The molecular formula is C20H22ClN3O2S. The number of para-hydroxylation sites is 1. The second-order valence-electron chi connectivity index (χ2n) is 6.16. The Morgan fingerprint density at radius 3 is 2.59 bits per heavy atom. The van der Waals surface area contributed by atoms with Crippen molar-refractivity contribution in [3.05, 3.63) is 53.6 Å². The number of aliphatic hydroxyl groups excluding tert-OH is 1. The second kappa shape index (κ2) is 9.26. The van der Waals surface area contributed by atoms with Crippen LogP contribution in [-0.2, 0) is 0 Å². The molecule has 0 spiro atoms. The highest BCUT2D eigenvalue weighted by Crippen LogP contribution is 2.33. The third-order valence-corrected chi connectivity index (χ3v) is 5.33. The maximum atomic E-state index is 9.45. The highest BCUT2D eigenvalue weighted by Gasteiger charge is 2.18. The number of aromatic nitrogens is 3. The zero-order valence-electron chi connectivity index (χ0n) is 15.3. The summed E-state index contributed by atoms with van der Waals surface area (Å²) in [6.45, 7) is 1.81. The molecule has 0 bridgehead atoms. The Balaban J connectivity index is 1.99. The molecule has 1 aromatic heterocycles. The first-order valence-corrected chi connectivity index (χ1v) is 10.1. The molecule has 3 rings (SSSR count). The second-order valence-corrected chi connectivity index (χ2v) is 7.66. The van der Waals surface area contributed by atoms with Crippen molar-refractivity contribution in [1.29, 1.82) is 0 Å². The van der Waals surface area contributed by atoms with Crippen LogP contribution in [0.2, 0.25) is 5.02 Å². The Morgan fingerprint density at radius 1 is 1.15 bits per heavy atom. The van der Waals surface area contributed by atoms with Crippen molar-refractivity contribution in [1.82, 2.24) is 14.8 Å². The van der Waals surface area contributed by atoms with E-state index in [9.17, 15) is 5.11 Å². The van der Waals surface area contributed by atoms with Crippen molar-refractivity contribution in [2.75, 3.05) is 12.9 Å². The number of ether oxygens (including phenoxy) is 1. The summed E-state index contributed by atoms with van der Waals surface area (Å²) in [4.78, 5) is 0. The normalized spacial score (nSPS) is 12.1. The number of rotatable bonds is 8. The Labute approximate surface area is 168 Å². The molecule has 0 aliphatic rings. The number of aliphatic hydroxyl groups is 1. The summed E-state index contributed by atoms with van der Waals surface area (Å²) >= 11 is 7.68. The number of benzene rings is 2. The highest BCUT2D eigenvalue weighted by molar-refractivity contribution is 7.99. The van der Waals surface area contributed by atoms with Gasteiger partial charge in [-0.2, -0.15) is 0 Å². The maximum Gasteiger partial charge on any atom is 0.196 e. The SMILES string of the molecule is COc1ccccc1-c1nnc(SCCC[C@@H](C)O)n1-c1ccc(Cl)cc1. The van der Waals surface area contributed by atoms with Crippen LogP contribution in [0.5, 0.6) is 5.75 Å². The first-order chi connectivity index (χ1) is 13.1. The molecule has 1 atom stereocenters. The van der Waals surface area contributed by atoms with Gasteiger partial charge in [0.2, 0.25) is 0 Å². The van der Waals surface area contributed by atoms with Crippen LogP contribution >= 0.6 is 23.4 Å². The van der Waals surface area contributed by atoms with Gasteiger partial charge in [0.05, 0.1) is 18.8 Å². The fourth-order valence-corrected chi connectivity index (χ4v) is 3.77. The number of nitrogens with zero attached hydrogens (tertiary/aromatic N) is 3. The quantitative estimate of drug-likeness (QED) is 0.430. The number of halogens is 1. The van der Waals surface area contributed by atoms with Crippen molar-refractivity contribution in [3.63, 3.8) is 0 Å². The largest absolute Gasteiger partial charge is 0.496 e. The van der Waals surface area contributed by atoms with Crippen LogP contribution in [0.4, 0.5) is 0 Å². The molecule has 27 heavy (non-hydrogen) atoms. The predicted molar refractivity (Wildman–Crippen MR) is 110 cm³/mol. The van der Waals surface area contributed by atoms with Gasteiger partial charge in [-0.3, -0.25) is 4.57 Å². The van der Waals surface area contributed by atoms with Crippen LogP contribution in [0.15, 0.2) is 53.7 Å². The maximum absolute atomic E-state index is 9.45. The third kappa shape index (κ3) is 4.83. The van der Waals surface area contributed by atoms with Crippen LogP contribution in [0.25, 0.3) is 17.1 Å². The van der Waals surface area contributed by atoms with Gasteiger partial charge in [-0.25, -0.2) is 0 Å². The number of thioether (sulfide) groups is 1. The van der Waals surface area contributed by atoms with E-state index in [0.29, 0.717) is 10.8 Å². The van der Waals surface area contributed by atoms with Crippen LogP contribution in [0.1, 0.15) is 19.8 Å². The lowest BCUT2D eigenvalue weighted by Gasteiger charge is -2.12. The molecule has 0 saturated heterocycles. The van der Waals surface area contributed by atoms with Crippen molar-refractivity contribution in [2.45, 2.75) is 31.0 Å². The summed E-state index contributed by atoms with van der Waals surface area (Å²) in [6, 6.07) is 15.4. The van der Waals surface area contributed by atoms with Gasteiger partial charge in [0.1, 0.15) is 5.75 Å². The van der Waals surface area contributed by atoms with Gasteiger partial charge >= 0.3 is 0 Å². The van der Waals surface area contributed by atoms with Crippen LogP contribution in [0, 0.1) is 0 Å². The average molecular weight is 404 g/mol. The predicted octanol–water partition coefficient (Wildman–Crippen LogP) is 4.85. The lowest BCUT2D eigenvalue weighted by Crippen LogP contribution is -2.02. The number of methoxy groups -OCH3 is 1. The molecule has 142 valence electrons. The van der Waals surface area contributed by atoms with Crippen molar-refractivity contribution in [2.24, 2.45) is 0 Å². The van der Waals surface area contributed by atoms with E-state index in [1.54, 1.807) is 25.8 Å². The van der Waals surface area contributed by atoms with E-state index in [1.165, 1.54) is 0 Å². The topological polar surface area (TPSA) is 60.2 Å². The minimum atomic E-state index is -0.288. The van der Waals surface area contributed by atoms with E-state index >= 15 is 0 Å². The smallest absolute Gasteiger partial charge is 0.196 e. The molecule has 0 aliphatic carbocycles. The Kier molecular flexibility index (Phi) is 6.77. The first-order valence-electron chi connectivity index (χ1n) is 8.75. The molecule has 0 radical (unpaired) electrons. The van der Waals surface area contributed by atoms with Gasteiger partial charge in [0.15, 0.2) is 11.0 Å². The van der Waals surface area contributed by atoms with Gasteiger partial charge in [-0.1, -0.05) is 35.5 Å². The summed E-state index contributed by atoms with van der Waals surface area (Å²) in [5.74, 6) is 2.31. The minimum absolute atomic E-state index is 0.288. The molecule has 7 heteroatoms. The first kappa shape index (κ1) is 19.7. The van der Waals surface area contributed by atoms with E-state index in [0.717, 1.165) is 40.8 Å². The number of hydrogen-bond donors (Lipinski definition) is 1. The molecule has 0 saturated carbocycles. The summed E-state index contributed by atoms with van der Waals surface area (Å²) in [5, 5.41) is 19.8. The zero-order chi connectivity index (χ0) is 19.2. The van der Waals surface area contributed by atoms with Gasteiger partial charge in [0.25, 0.3) is 0 Å². The average Bonchev–Trinajstić information content (AvgIpc) is 3.09. The fraction of sp³-hybridized carbons (Fsp3) is 0.300. The zero-order valence-corrected chi connectivity index (χ0v) is 16.9. The Hall–Kier alpha value is -2.02. The lowest BCUT2D eigenvalue weighted by molar-refractivity contribution is 0.184. The van der Waals surface area contributed by atoms with Crippen molar-refractivity contribution in [3.8, 4) is 22.8 Å². The molecule has 1 heterocycles. The van der Waals surface area contributed by atoms with Gasteiger partial charge in [-0.15, -0.1) is 10.2 Å². The van der Waals surface area contributed by atoms with Gasteiger partial charge < -0.3 is 9.84 Å². The molecule has 1 N–H and O–H groups in total. The molecule has 0 aliphatic heterocycles. The molecule has 0 unspecified atom stereocenters. The van der Waals surface area contributed by atoms with Gasteiger partial charge in [0, 0.05) is 16.5 Å². The van der Waals surface area contributed by atoms with E-state index < -0.39 is 0 Å². The van der Waals surface area contributed by atoms with Crippen LogP contribution in [0.3, 0.4) is 0 Å². The molecule has 5 nitrogen and oxygen atoms in total. The van der Waals surface area contributed by atoms with E-state index in [1.807, 2.05) is 53.1 Å². The standard InChI is InChI=1S/C20H22ClN3O2S/c1-14(25)6-5-13-27-20-23-22-19(17-7-3-4-8-18(17)26-2)24(20)16-11-9-15(21)10-12-16/h3-4,7-12,14,25H,5-6,13H2,1-2H3/t14-/m1/s1. The van der Waals surface area contributed by atoms with E-state index in [2.05, 4.69) is 10.2 Å².